The molecule has 0 saturated carbocycles. The fourth-order valence-corrected chi connectivity index (χ4v) is 4.54. The summed E-state index contributed by atoms with van der Waals surface area (Å²) in [6.07, 6.45) is 5.84. The number of rotatable bonds is 2. The number of carbonyl (C=O) groups excluding carboxylic acids is 2. The number of benzene rings is 1. The zero-order valence-electron chi connectivity index (χ0n) is 15.9. The van der Waals surface area contributed by atoms with Crippen molar-refractivity contribution < 1.29 is 9.59 Å². The van der Waals surface area contributed by atoms with Crippen LogP contribution in [0, 0.1) is 6.92 Å². The lowest BCUT2D eigenvalue weighted by molar-refractivity contribution is -0.131. The van der Waals surface area contributed by atoms with Gasteiger partial charge in [-0.1, -0.05) is 30.3 Å². The van der Waals surface area contributed by atoms with E-state index in [1.807, 2.05) is 60.2 Å². The summed E-state index contributed by atoms with van der Waals surface area (Å²) < 4.78 is 0. The first-order valence-corrected chi connectivity index (χ1v) is 9.54. The Morgan fingerprint density at radius 2 is 1.85 bits per heavy atom. The lowest BCUT2D eigenvalue weighted by atomic mass is 9.81. The molecule has 5 nitrogen and oxygen atoms in total. The number of aromatic nitrogens is 1. The highest BCUT2D eigenvalue weighted by atomic mass is 16.2. The molecule has 1 spiro atoms. The van der Waals surface area contributed by atoms with Gasteiger partial charge in [0.05, 0.1) is 11.5 Å². The predicted molar refractivity (Wildman–Crippen MR) is 103 cm³/mol. The van der Waals surface area contributed by atoms with Crippen LogP contribution in [0.25, 0.3) is 0 Å². The molecular formula is C22H25N3O2. The minimum atomic E-state index is -0.141. The molecule has 0 bridgehead atoms. The van der Waals surface area contributed by atoms with E-state index >= 15 is 0 Å². The molecule has 2 saturated heterocycles. The molecule has 1 atom stereocenters. The van der Waals surface area contributed by atoms with Crippen LogP contribution in [0.5, 0.6) is 0 Å². The fourth-order valence-electron chi connectivity index (χ4n) is 4.54. The number of nitrogens with zero attached hydrogens (tertiary/aromatic N) is 3. The van der Waals surface area contributed by atoms with E-state index in [4.69, 9.17) is 0 Å². The summed E-state index contributed by atoms with van der Waals surface area (Å²) in [7, 11) is 1.92. The van der Waals surface area contributed by atoms with E-state index < -0.39 is 0 Å². The van der Waals surface area contributed by atoms with E-state index in [1.54, 1.807) is 12.4 Å². The van der Waals surface area contributed by atoms with Crippen molar-refractivity contribution in [3.8, 4) is 0 Å². The molecule has 3 heterocycles. The summed E-state index contributed by atoms with van der Waals surface area (Å²) in [5, 5.41) is 0. The first-order valence-electron chi connectivity index (χ1n) is 9.54. The smallest absolute Gasteiger partial charge is 0.255 e. The highest BCUT2D eigenvalue weighted by Gasteiger charge is 2.50. The fraction of sp³-hybridized carbons (Fsp3) is 0.409. The normalized spacial score (nSPS) is 21.7. The highest BCUT2D eigenvalue weighted by molar-refractivity contribution is 5.95. The maximum Gasteiger partial charge on any atom is 0.255 e. The van der Waals surface area contributed by atoms with Crippen LogP contribution < -0.4 is 0 Å². The number of aryl methyl sites for hydroxylation is 1. The van der Waals surface area contributed by atoms with Crippen molar-refractivity contribution in [1.29, 1.82) is 0 Å². The van der Waals surface area contributed by atoms with E-state index in [-0.39, 0.29) is 23.3 Å². The molecule has 0 N–H and O–H groups in total. The van der Waals surface area contributed by atoms with E-state index in [0.717, 1.165) is 30.4 Å². The van der Waals surface area contributed by atoms with Crippen LogP contribution >= 0.6 is 0 Å². The number of likely N-dealkylation sites (tertiary alicyclic amines) is 2. The molecule has 140 valence electrons. The summed E-state index contributed by atoms with van der Waals surface area (Å²) >= 11 is 0. The van der Waals surface area contributed by atoms with Gasteiger partial charge in [-0.2, -0.15) is 0 Å². The Balaban J connectivity index is 1.49. The van der Waals surface area contributed by atoms with Crippen LogP contribution in [0.1, 0.15) is 46.7 Å². The van der Waals surface area contributed by atoms with Crippen molar-refractivity contribution in [2.45, 2.75) is 37.6 Å². The van der Waals surface area contributed by atoms with Gasteiger partial charge in [-0.25, -0.2) is 0 Å². The second-order valence-electron chi connectivity index (χ2n) is 7.77. The average Bonchev–Trinajstić information content (AvgIpc) is 2.94. The molecule has 1 aromatic heterocycles. The quantitative estimate of drug-likeness (QED) is 0.824. The largest absolute Gasteiger partial charge is 0.339 e. The maximum atomic E-state index is 12.9. The van der Waals surface area contributed by atoms with Crippen molar-refractivity contribution in [2.24, 2.45) is 0 Å². The Hall–Kier alpha value is -2.69. The average molecular weight is 363 g/mol. The van der Waals surface area contributed by atoms with E-state index in [2.05, 4.69) is 4.98 Å². The molecule has 4 rings (SSSR count). The van der Waals surface area contributed by atoms with Gasteiger partial charge >= 0.3 is 0 Å². The maximum absolute atomic E-state index is 12.9. The molecule has 2 fully saturated rings. The molecule has 1 aromatic carbocycles. The van der Waals surface area contributed by atoms with Gasteiger partial charge in [0, 0.05) is 38.1 Å². The molecule has 27 heavy (non-hydrogen) atoms. The zero-order valence-corrected chi connectivity index (χ0v) is 15.9. The van der Waals surface area contributed by atoms with Crippen LogP contribution in [0.15, 0.2) is 48.8 Å². The summed E-state index contributed by atoms with van der Waals surface area (Å²) in [5.41, 5.74) is 2.58. The van der Waals surface area contributed by atoms with Crippen LogP contribution in [-0.2, 0) is 4.79 Å². The van der Waals surface area contributed by atoms with Crippen molar-refractivity contribution in [3.63, 3.8) is 0 Å². The van der Waals surface area contributed by atoms with Crippen LogP contribution in [0.2, 0.25) is 0 Å². The minimum Gasteiger partial charge on any atom is -0.339 e. The van der Waals surface area contributed by atoms with E-state index in [9.17, 15) is 9.59 Å². The van der Waals surface area contributed by atoms with E-state index in [1.165, 1.54) is 0 Å². The van der Waals surface area contributed by atoms with Crippen LogP contribution in [0.4, 0.5) is 0 Å². The SMILES string of the molecule is Cc1ccncc1C(=O)N1CCC2(CC1)CC(c1ccccc1)C(=O)N2C. The molecule has 2 aromatic rings. The van der Waals surface area contributed by atoms with Gasteiger partial charge < -0.3 is 9.80 Å². The van der Waals surface area contributed by atoms with E-state index in [0.29, 0.717) is 18.7 Å². The highest BCUT2D eigenvalue weighted by Crippen LogP contribution is 2.44. The first kappa shape index (κ1) is 17.7. The second kappa shape index (κ2) is 6.80. The number of pyridine rings is 1. The standard InChI is InChI=1S/C22H25N3O2/c1-16-8-11-23-15-19(16)21(27)25-12-9-22(10-13-25)14-18(20(26)24(22)2)17-6-4-3-5-7-17/h3-8,11,15,18H,9-10,12-14H2,1-2H3. The second-order valence-corrected chi connectivity index (χ2v) is 7.77. The Morgan fingerprint density at radius 1 is 1.15 bits per heavy atom. The van der Waals surface area contributed by atoms with Crippen molar-refractivity contribution in [3.05, 3.63) is 65.5 Å². The van der Waals surface area contributed by atoms with Crippen LogP contribution in [0.3, 0.4) is 0 Å². The lowest BCUT2D eigenvalue weighted by Gasteiger charge is -2.43. The molecule has 1 unspecified atom stereocenters. The molecule has 2 aliphatic heterocycles. The number of carbonyl (C=O) groups is 2. The van der Waals surface area contributed by atoms with Crippen molar-refractivity contribution in [1.82, 2.24) is 14.8 Å². The third-order valence-corrected chi connectivity index (χ3v) is 6.38. The van der Waals surface area contributed by atoms with Gasteiger partial charge in [0.25, 0.3) is 5.91 Å². The minimum absolute atomic E-state index is 0.0436. The number of amides is 2. The number of hydrogen-bond donors (Lipinski definition) is 0. The summed E-state index contributed by atoms with van der Waals surface area (Å²) in [4.78, 5) is 33.7. The zero-order chi connectivity index (χ0) is 19.0. The Kier molecular flexibility index (Phi) is 4.46. The topological polar surface area (TPSA) is 53.5 Å². The number of likely N-dealkylation sites (N-methyl/N-ethyl adjacent to an activating group) is 1. The predicted octanol–water partition coefficient (Wildman–Crippen LogP) is 3.01. The Bertz CT molecular complexity index is 857. The van der Waals surface area contributed by atoms with Gasteiger partial charge in [-0.15, -0.1) is 0 Å². The number of piperidine rings is 1. The Morgan fingerprint density at radius 3 is 2.52 bits per heavy atom. The summed E-state index contributed by atoms with van der Waals surface area (Å²) in [6, 6.07) is 11.9. The third-order valence-electron chi connectivity index (χ3n) is 6.38. The summed E-state index contributed by atoms with van der Waals surface area (Å²) in [6.45, 7) is 3.28. The number of hydrogen-bond acceptors (Lipinski definition) is 3. The van der Waals surface area contributed by atoms with Gasteiger partial charge in [0.15, 0.2) is 0 Å². The van der Waals surface area contributed by atoms with Gasteiger partial charge in [0.2, 0.25) is 5.91 Å². The molecular weight excluding hydrogens is 338 g/mol. The molecule has 2 aliphatic rings. The third kappa shape index (κ3) is 3.01. The summed E-state index contributed by atoms with van der Waals surface area (Å²) in [5.74, 6) is 0.171. The van der Waals surface area contributed by atoms with Gasteiger partial charge in [-0.05, 0) is 43.4 Å². The van der Waals surface area contributed by atoms with Crippen molar-refractivity contribution >= 4 is 11.8 Å². The molecule has 0 radical (unpaired) electrons. The molecule has 2 amide bonds. The first-order chi connectivity index (χ1) is 13.0. The lowest BCUT2D eigenvalue weighted by Crippen LogP contribution is -2.52. The Labute approximate surface area is 160 Å². The van der Waals surface area contributed by atoms with Crippen molar-refractivity contribution in [2.75, 3.05) is 20.1 Å². The molecule has 0 aliphatic carbocycles. The molecule has 5 heteroatoms. The van der Waals surface area contributed by atoms with Gasteiger partial charge in [0.1, 0.15) is 0 Å². The van der Waals surface area contributed by atoms with Gasteiger partial charge in [-0.3, -0.25) is 14.6 Å². The monoisotopic (exact) mass is 363 g/mol. The van der Waals surface area contributed by atoms with Crippen LogP contribution in [-0.4, -0.2) is 52.3 Å².